The molecule has 23 heavy (non-hydrogen) atoms. The summed E-state index contributed by atoms with van der Waals surface area (Å²) in [6.45, 7) is -0.188. The van der Waals surface area contributed by atoms with Gasteiger partial charge in [-0.1, -0.05) is 43.2 Å². The maximum Gasteiger partial charge on any atom is 0.326 e. The van der Waals surface area contributed by atoms with Gasteiger partial charge in [-0.2, -0.15) is 0 Å². The Morgan fingerprint density at radius 2 is 1.91 bits per heavy atom. The van der Waals surface area contributed by atoms with Crippen LogP contribution in [-0.2, 0) is 9.59 Å². The number of carbonyl (C=O) groups excluding carboxylic acids is 1. The molecule has 2 N–H and O–H groups in total. The summed E-state index contributed by atoms with van der Waals surface area (Å²) < 4.78 is 5.47. The number of benzene rings is 2. The Balaban J connectivity index is 1.55. The Morgan fingerprint density at radius 3 is 2.61 bits per heavy atom. The fourth-order valence-electron chi connectivity index (χ4n) is 2.55. The van der Waals surface area contributed by atoms with Gasteiger partial charge in [0.15, 0.2) is 6.61 Å². The average Bonchev–Trinajstić information content (AvgIpc) is 3.36. The van der Waals surface area contributed by atoms with E-state index in [-0.39, 0.29) is 6.61 Å². The predicted octanol–water partition coefficient (Wildman–Crippen LogP) is 2.59. The normalized spacial score (nSPS) is 15.1. The van der Waals surface area contributed by atoms with E-state index in [2.05, 4.69) is 5.32 Å². The van der Waals surface area contributed by atoms with Crippen LogP contribution in [-0.4, -0.2) is 29.6 Å². The quantitative estimate of drug-likeness (QED) is 0.824. The van der Waals surface area contributed by atoms with Crippen LogP contribution >= 0.6 is 0 Å². The Morgan fingerprint density at radius 1 is 1.17 bits per heavy atom. The summed E-state index contributed by atoms with van der Waals surface area (Å²) in [4.78, 5) is 23.1. The van der Waals surface area contributed by atoms with E-state index < -0.39 is 17.9 Å². The number of nitrogens with one attached hydrogen (secondary N) is 1. The van der Waals surface area contributed by atoms with Gasteiger partial charge in [-0.3, -0.25) is 4.79 Å². The highest BCUT2D eigenvalue weighted by molar-refractivity contribution is 5.85. The van der Waals surface area contributed by atoms with Crippen LogP contribution in [0.2, 0.25) is 0 Å². The molecule has 1 saturated carbocycles. The molecule has 0 heterocycles. The van der Waals surface area contributed by atoms with Crippen LogP contribution in [0.15, 0.2) is 42.5 Å². The van der Waals surface area contributed by atoms with E-state index in [1.165, 1.54) is 0 Å². The number of amides is 1. The lowest BCUT2D eigenvalue weighted by Crippen LogP contribution is -2.43. The molecule has 1 fully saturated rings. The highest BCUT2D eigenvalue weighted by atomic mass is 16.5. The van der Waals surface area contributed by atoms with Gasteiger partial charge in [0.05, 0.1) is 0 Å². The lowest BCUT2D eigenvalue weighted by Gasteiger charge is -2.14. The maximum atomic E-state index is 11.9. The second kappa shape index (κ2) is 6.69. The molecule has 0 saturated heterocycles. The van der Waals surface area contributed by atoms with Crippen molar-refractivity contribution in [2.24, 2.45) is 5.92 Å². The molecule has 1 amide bonds. The molecule has 1 aliphatic rings. The lowest BCUT2D eigenvalue weighted by molar-refractivity contribution is -0.142. The molecule has 5 heteroatoms. The predicted molar refractivity (Wildman–Crippen MR) is 86.4 cm³/mol. The van der Waals surface area contributed by atoms with Crippen LogP contribution in [0.3, 0.4) is 0 Å². The van der Waals surface area contributed by atoms with E-state index in [1.54, 1.807) is 6.07 Å². The molecule has 0 aliphatic heterocycles. The van der Waals surface area contributed by atoms with Crippen molar-refractivity contribution in [2.75, 3.05) is 6.61 Å². The number of ether oxygens (including phenoxy) is 1. The van der Waals surface area contributed by atoms with Crippen molar-refractivity contribution in [3.63, 3.8) is 0 Å². The number of aliphatic carboxylic acids is 1. The molecule has 2 aromatic carbocycles. The standard InChI is InChI=1S/C18H19NO4/c20-17(19-16(18(21)22)9-12-5-6-12)11-23-15-8-7-13-3-1-2-4-14(13)10-15/h1-4,7-8,10,12,16H,5-6,9,11H2,(H,19,20)(H,21,22). The minimum absolute atomic E-state index is 0.188. The molecule has 2 aromatic rings. The fourth-order valence-corrected chi connectivity index (χ4v) is 2.55. The number of carboxylic acids is 1. The molecular formula is C18H19NO4. The fraction of sp³-hybridized carbons (Fsp3) is 0.333. The summed E-state index contributed by atoms with van der Waals surface area (Å²) in [5.74, 6) is -0.382. The first-order valence-corrected chi connectivity index (χ1v) is 7.75. The molecule has 120 valence electrons. The summed E-state index contributed by atoms with van der Waals surface area (Å²) in [7, 11) is 0. The first-order chi connectivity index (χ1) is 11.1. The van der Waals surface area contributed by atoms with Crippen LogP contribution < -0.4 is 10.1 Å². The average molecular weight is 313 g/mol. The minimum Gasteiger partial charge on any atom is -0.484 e. The van der Waals surface area contributed by atoms with E-state index in [1.807, 2.05) is 36.4 Å². The number of rotatable bonds is 7. The van der Waals surface area contributed by atoms with Crippen molar-refractivity contribution in [3.8, 4) is 5.75 Å². The van der Waals surface area contributed by atoms with Crippen molar-refractivity contribution in [2.45, 2.75) is 25.3 Å². The number of hydrogen-bond acceptors (Lipinski definition) is 3. The second-order valence-electron chi connectivity index (χ2n) is 5.94. The molecule has 0 aromatic heterocycles. The van der Waals surface area contributed by atoms with Crippen molar-refractivity contribution in [1.82, 2.24) is 5.32 Å². The van der Waals surface area contributed by atoms with Crippen molar-refractivity contribution in [1.29, 1.82) is 0 Å². The molecule has 3 rings (SSSR count). The van der Waals surface area contributed by atoms with Crippen molar-refractivity contribution in [3.05, 3.63) is 42.5 Å². The molecule has 0 bridgehead atoms. The third kappa shape index (κ3) is 4.22. The number of hydrogen-bond donors (Lipinski definition) is 2. The van der Waals surface area contributed by atoms with Crippen LogP contribution in [0.1, 0.15) is 19.3 Å². The molecule has 0 spiro atoms. The third-order valence-electron chi connectivity index (χ3n) is 3.99. The van der Waals surface area contributed by atoms with Gasteiger partial charge in [0.25, 0.3) is 5.91 Å². The molecule has 5 nitrogen and oxygen atoms in total. The molecular weight excluding hydrogens is 294 g/mol. The number of carboxylic acid groups (broad SMARTS) is 1. The zero-order valence-electron chi connectivity index (χ0n) is 12.7. The first-order valence-electron chi connectivity index (χ1n) is 7.75. The second-order valence-corrected chi connectivity index (χ2v) is 5.94. The van der Waals surface area contributed by atoms with E-state index >= 15 is 0 Å². The summed E-state index contributed by atoms with van der Waals surface area (Å²) in [6.07, 6.45) is 2.59. The van der Waals surface area contributed by atoms with Crippen molar-refractivity contribution >= 4 is 22.6 Å². The van der Waals surface area contributed by atoms with E-state index in [4.69, 9.17) is 9.84 Å². The molecule has 1 aliphatic carbocycles. The summed E-state index contributed by atoms with van der Waals surface area (Å²) >= 11 is 0. The molecule has 1 unspecified atom stereocenters. The molecule has 0 radical (unpaired) electrons. The lowest BCUT2D eigenvalue weighted by atomic mass is 10.1. The van der Waals surface area contributed by atoms with Crippen LogP contribution in [0, 0.1) is 5.92 Å². The van der Waals surface area contributed by atoms with Gasteiger partial charge in [-0.15, -0.1) is 0 Å². The highest BCUT2D eigenvalue weighted by Crippen LogP contribution is 2.33. The van der Waals surface area contributed by atoms with Crippen LogP contribution in [0.25, 0.3) is 10.8 Å². The van der Waals surface area contributed by atoms with Gasteiger partial charge >= 0.3 is 5.97 Å². The van der Waals surface area contributed by atoms with Crippen LogP contribution in [0.4, 0.5) is 0 Å². The number of carbonyl (C=O) groups is 2. The van der Waals surface area contributed by atoms with Gasteiger partial charge in [0.1, 0.15) is 11.8 Å². The first kappa shape index (κ1) is 15.3. The van der Waals surface area contributed by atoms with E-state index in [0.29, 0.717) is 18.1 Å². The largest absolute Gasteiger partial charge is 0.484 e. The third-order valence-corrected chi connectivity index (χ3v) is 3.99. The Hall–Kier alpha value is -2.56. The van der Waals surface area contributed by atoms with Gasteiger partial charge in [0, 0.05) is 0 Å². The highest BCUT2D eigenvalue weighted by Gasteiger charge is 2.30. The Labute approximate surface area is 134 Å². The number of fused-ring (bicyclic) bond motifs is 1. The smallest absolute Gasteiger partial charge is 0.326 e. The van der Waals surface area contributed by atoms with E-state index in [9.17, 15) is 9.59 Å². The zero-order chi connectivity index (χ0) is 16.2. The SMILES string of the molecule is O=C(COc1ccc2ccccc2c1)NC(CC1CC1)C(=O)O. The van der Waals surface area contributed by atoms with Gasteiger partial charge in [0.2, 0.25) is 0 Å². The maximum absolute atomic E-state index is 11.9. The Kier molecular flexibility index (Phi) is 4.46. The van der Waals surface area contributed by atoms with E-state index in [0.717, 1.165) is 23.6 Å². The Bertz CT molecular complexity index is 724. The topological polar surface area (TPSA) is 75.6 Å². The van der Waals surface area contributed by atoms with Gasteiger partial charge < -0.3 is 15.2 Å². The summed E-state index contributed by atoms with van der Waals surface area (Å²) in [5, 5.41) is 13.8. The summed E-state index contributed by atoms with van der Waals surface area (Å²) in [5.41, 5.74) is 0. The van der Waals surface area contributed by atoms with Crippen molar-refractivity contribution < 1.29 is 19.4 Å². The van der Waals surface area contributed by atoms with Crippen LogP contribution in [0.5, 0.6) is 5.75 Å². The summed E-state index contributed by atoms with van der Waals surface area (Å²) in [6, 6.07) is 12.6. The monoisotopic (exact) mass is 313 g/mol. The minimum atomic E-state index is -0.990. The molecule has 1 atom stereocenters. The zero-order valence-corrected chi connectivity index (χ0v) is 12.7. The van der Waals surface area contributed by atoms with Gasteiger partial charge in [-0.05, 0) is 35.2 Å². The van der Waals surface area contributed by atoms with Gasteiger partial charge in [-0.25, -0.2) is 4.79 Å².